The Labute approximate surface area is 159 Å². The molecule has 7 nitrogen and oxygen atoms in total. The molecule has 1 heterocycles. The molecule has 0 aromatic heterocycles. The van der Waals surface area contributed by atoms with Crippen molar-refractivity contribution in [1.82, 2.24) is 9.80 Å². The minimum absolute atomic E-state index is 0.0330. The summed E-state index contributed by atoms with van der Waals surface area (Å²) in [5.74, 6) is 0.308. The Bertz CT molecular complexity index is 727. The second-order valence-electron chi connectivity index (χ2n) is 5.87. The van der Waals surface area contributed by atoms with Gasteiger partial charge < -0.3 is 9.64 Å². The lowest BCUT2D eigenvalue weighted by atomic mass is 10.2. The smallest absolute Gasteiger partial charge is 0.410 e. The number of hydrogen-bond donors (Lipinski definition) is 0. The fourth-order valence-corrected chi connectivity index (χ4v) is 2.73. The van der Waals surface area contributed by atoms with Gasteiger partial charge in [0.1, 0.15) is 5.75 Å². The maximum atomic E-state index is 12.2. The van der Waals surface area contributed by atoms with Crippen LogP contribution in [0, 0.1) is 10.1 Å². The normalized spacial score (nSPS) is 14.1. The molecule has 0 saturated carbocycles. The Balaban J connectivity index is 0.00000126. The Kier molecular flexibility index (Phi) is 7.76. The number of nitrogens with zero attached hydrogens (tertiary/aromatic N) is 3. The van der Waals surface area contributed by atoms with Crippen molar-refractivity contribution in [3.8, 4) is 5.75 Å². The van der Waals surface area contributed by atoms with Gasteiger partial charge in [-0.05, 0) is 17.7 Å². The van der Waals surface area contributed by atoms with Crippen LogP contribution in [0.1, 0.15) is 19.4 Å². The number of rotatable bonds is 4. The molecule has 0 radical (unpaired) electrons. The quantitative estimate of drug-likeness (QED) is 0.601. The van der Waals surface area contributed by atoms with Gasteiger partial charge in [-0.3, -0.25) is 15.0 Å². The molecule has 0 N–H and O–H groups in total. The molecule has 2 aromatic rings. The highest BCUT2D eigenvalue weighted by Gasteiger charge is 2.22. The molecular weight excluding hydrogens is 346 g/mol. The Morgan fingerprint density at radius 3 is 2.15 bits per heavy atom. The summed E-state index contributed by atoms with van der Waals surface area (Å²) in [5.41, 5.74) is 1.22. The molecule has 2 aromatic carbocycles. The molecule has 1 aliphatic rings. The molecule has 27 heavy (non-hydrogen) atoms. The van der Waals surface area contributed by atoms with Gasteiger partial charge in [-0.2, -0.15) is 0 Å². The van der Waals surface area contributed by atoms with Gasteiger partial charge in [-0.25, -0.2) is 4.79 Å². The summed E-state index contributed by atoms with van der Waals surface area (Å²) in [6.45, 7) is 7.62. The zero-order valence-electron chi connectivity index (χ0n) is 15.7. The highest BCUT2D eigenvalue weighted by atomic mass is 16.6. The maximum Gasteiger partial charge on any atom is 0.415 e. The van der Waals surface area contributed by atoms with E-state index in [1.54, 1.807) is 4.90 Å². The van der Waals surface area contributed by atoms with Crippen molar-refractivity contribution in [1.29, 1.82) is 0 Å². The van der Waals surface area contributed by atoms with Crippen molar-refractivity contribution >= 4 is 11.8 Å². The molecule has 1 saturated heterocycles. The van der Waals surface area contributed by atoms with Crippen LogP contribution in [0.2, 0.25) is 0 Å². The average Bonchev–Trinajstić information content (AvgIpc) is 2.71. The predicted molar refractivity (Wildman–Crippen MR) is 104 cm³/mol. The number of ether oxygens (including phenoxy) is 1. The molecule has 0 unspecified atom stereocenters. The van der Waals surface area contributed by atoms with Crippen molar-refractivity contribution in [2.75, 3.05) is 26.2 Å². The molecule has 1 fully saturated rings. The fourth-order valence-electron chi connectivity index (χ4n) is 2.73. The molecule has 0 spiro atoms. The topological polar surface area (TPSA) is 75.9 Å². The number of carbonyl (C=O) groups is 1. The average molecular weight is 371 g/mol. The van der Waals surface area contributed by atoms with E-state index >= 15 is 0 Å². The van der Waals surface area contributed by atoms with Crippen molar-refractivity contribution in [2.45, 2.75) is 20.4 Å². The number of nitro benzene ring substituents is 1. The third-order valence-corrected chi connectivity index (χ3v) is 4.13. The zero-order valence-corrected chi connectivity index (χ0v) is 15.7. The van der Waals surface area contributed by atoms with E-state index in [0.29, 0.717) is 18.8 Å². The molecule has 0 atom stereocenters. The summed E-state index contributed by atoms with van der Waals surface area (Å²) in [4.78, 5) is 26.3. The molecule has 7 heteroatoms. The first kappa shape index (κ1) is 20.4. The van der Waals surface area contributed by atoms with Gasteiger partial charge in [-0.15, -0.1) is 0 Å². The molecule has 144 valence electrons. The van der Waals surface area contributed by atoms with Gasteiger partial charge in [0, 0.05) is 44.9 Å². The summed E-state index contributed by atoms with van der Waals surface area (Å²) in [5, 5.41) is 10.6. The van der Waals surface area contributed by atoms with Gasteiger partial charge in [0.15, 0.2) is 0 Å². The number of benzene rings is 2. The van der Waals surface area contributed by atoms with Gasteiger partial charge in [0.25, 0.3) is 5.69 Å². The van der Waals surface area contributed by atoms with Crippen molar-refractivity contribution in [3.63, 3.8) is 0 Å². The summed E-state index contributed by atoms with van der Waals surface area (Å²) in [7, 11) is 0. The Morgan fingerprint density at radius 2 is 1.59 bits per heavy atom. The lowest BCUT2D eigenvalue weighted by Gasteiger charge is -2.34. The number of nitro groups is 1. The van der Waals surface area contributed by atoms with Crippen LogP contribution in [0.15, 0.2) is 54.6 Å². The summed E-state index contributed by atoms with van der Waals surface area (Å²) in [6, 6.07) is 15.7. The van der Waals surface area contributed by atoms with Crippen LogP contribution in [-0.4, -0.2) is 47.0 Å². The van der Waals surface area contributed by atoms with E-state index in [2.05, 4.69) is 17.0 Å². The minimum Gasteiger partial charge on any atom is -0.410 e. The Hall–Kier alpha value is -2.93. The molecule has 1 amide bonds. The Morgan fingerprint density at radius 1 is 1.00 bits per heavy atom. The molecule has 0 bridgehead atoms. The first-order valence-electron chi connectivity index (χ1n) is 9.09. The zero-order chi connectivity index (χ0) is 19.6. The SMILES string of the molecule is CC.O=C(Oc1ccc([N+](=O)[O-])cc1)N1CCN(Cc2ccccc2)CC1. The van der Waals surface area contributed by atoms with Crippen LogP contribution in [0.5, 0.6) is 5.75 Å². The molecule has 3 rings (SSSR count). The lowest BCUT2D eigenvalue weighted by Crippen LogP contribution is -2.49. The predicted octanol–water partition coefficient (Wildman–Crippen LogP) is 3.94. The monoisotopic (exact) mass is 371 g/mol. The van der Waals surface area contributed by atoms with Crippen LogP contribution in [0.25, 0.3) is 0 Å². The van der Waals surface area contributed by atoms with Crippen LogP contribution < -0.4 is 4.74 Å². The fraction of sp³-hybridized carbons (Fsp3) is 0.350. The van der Waals surface area contributed by atoms with Crippen molar-refractivity contribution < 1.29 is 14.5 Å². The van der Waals surface area contributed by atoms with Crippen molar-refractivity contribution in [3.05, 3.63) is 70.3 Å². The second-order valence-corrected chi connectivity index (χ2v) is 5.87. The van der Waals surface area contributed by atoms with Gasteiger partial charge in [-0.1, -0.05) is 44.2 Å². The first-order chi connectivity index (χ1) is 13.1. The number of piperazine rings is 1. The maximum absolute atomic E-state index is 12.2. The number of carbonyl (C=O) groups excluding carboxylic acids is 1. The largest absolute Gasteiger partial charge is 0.415 e. The van der Waals surface area contributed by atoms with Crippen LogP contribution in [-0.2, 0) is 6.54 Å². The number of amides is 1. The van der Waals surface area contributed by atoms with Crippen LogP contribution in [0.4, 0.5) is 10.5 Å². The third-order valence-electron chi connectivity index (χ3n) is 4.13. The lowest BCUT2D eigenvalue weighted by molar-refractivity contribution is -0.384. The summed E-state index contributed by atoms with van der Waals surface area (Å²) in [6.07, 6.45) is -0.423. The molecule has 0 aliphatic carbocycles. The highest BCUT2D eigenvalue weighted by molar-refractivity contribution is 5.71. The number of hydrogen-bond acceptors (Lipinski definition) is 5. The van der Waals surface area contributed by atoms with Crippen LogP contribution >= 0.6 is 0 Å². The third kappa shape index (κ3) is 6.07. The van der Waals surface area contributed by atoms with E-state index in [4.69, 9.17) is 4.74 Å². The summed E-state index contributed by atoms with van der Waals surface area (Å²) >= 11 is 0. The molecular formula is C20H25N3O4. The summed E-state index contributed by atoms with van der Waals surface area (Å²) < 4.78 is 5.29. The van der Waals surface area contributed by atoms with E-state index in [1.165, 1.54) is 29.8 Å². The van der Waals surface area contributed by atoms with E-state index in [1.807, 2.05) is 32.0 Å². The van der Waals surface area contributed by atoms with E-state index in [0.717, 1.165) is 19.6 Å². The van der Waals surface area contributed by atoms with E-state index in [9.17, 15) is 14.9 Å². The van der Waals surface area contributed by atoms with E-state index in [-0.39, 0.29) is 5.69 Å². The number of non-ortho nitro benzene ring substituents is 1. The highest BCUT2D eigenvalue weighted by Crippen LogP contribution is 2.18. The van der Waals surface area contributed by atoms with Gasteiger partial charge >= 0.3 is 6.09 Å². The standard InChI is InChI=1S/C18H19N3O4.C2H6/c22-18(25-17-8-6-16(7-9-17)21(23)24)20-12-10-19(11-13-20)14-15-4-2-1-3-5-15;1-2/h1-9H,10-14H2;1-2H3. The van der Waals surface area contributed by atoms with Crippen LogP contribution in [0.3, 0.4) is 0 Å². The first-order valence-corrected chi connectivity index (χ1v) is 9.09. The van der Waals surface area contributed by atoms with E-state index < -0.39 is 11.0 Å². The van der Waals surface area contributed by atoms with Gasteiger partial charge in [0.05, 0.1) is 4.92 Å². The van der Waals surface area contributed by atoms with Gasteiger partial charge in [0.2, 0.25) is 0 Å². The minimum atomic E-state index is -0.489. The van der Waals surface area contributed by atoms with Crippen molar-refractivity contribution in [2.24, 2.45) is 0 Å². The molecule has 1 aliphatic heterocycles. The second kappa shape index (κ2) is 10.3.